The summed E-state index contributed by atoms with van der Waals surface area (Å²) in [5, 5.41) is 12.7. The van der Waals surface area contributed by atoms with Crippen LogP contribution in [0.1, 0.15) is 25.3 Å². The van der Waals surface area contributed by atoms with Crippen molar-refractivity contribution >= 4 is 17.6 Å². The number of H-pyrrole nitrogens is 1. The summed E-state index contributed by atoms with van der Waals surface area (Å²) in [6.07, 6.45) is 4.58. The van der Waals surface area contributed by atoms with Gasteiger partial charge in [-0.2, -0.15) is 5.10 Å². The van der Waals surface area contributed by atoms with Gasteiger partial charge in [0, 0.05) is 42.4 Å². The lowest BCUT2D eigenvalue weighted by molar-refractivity contribution is -0.122. The minimum absolute atomic E-state index is 0.0474. The monoisotopic (exact) mass is 327 g/mol. The molecule has 126 valence electrons. The number of aromatic nitrogens is 3. The van der Waals surface area contributed by atoms with Crippen LogP contribution in [0.15, 0.2) is 24.5 Å². The van der Waals surface area contributed by atoms with Crippen molar-refractivity contribution in [2.75, 3.05) is 11.9 Å². The van der Waals surface area contributed by atoms with E-state index in [4.69, 9.17) is 0 Å². The highest BCUT2D eigenvalue weighted by molar-refractivity contribution is 5.92. The lowest BCUT2D eigenvalue weighted by Crippen LogP contribution is -2.29. The van der Waals surface area contributed by atoms with Crippen LogP contribution in [0, 0.1) is 18.8 Å². The van der Waals surface area contributed by atoms with Crippen LogP contribution in [0.3, 0.4) is 0 Å². The maximum atomic E-state index is 12.0. The zero-order chi connectivity index (χ0) is 17.1. The first-order chi connectivity index (χ1) is 11.6. The highest BCUT2D eigenvalue weighted by Crippen LogP contribution is 2.37. The summed E-state index contributed by atoms with van der Waals surface area (Å²) < 4.78 is 0. The Morgan fingerprint density at radius 1 is 1.33 bits per heavy atom. The van der Waals surface area contributed by atoms with E-state index in [2.05, 4.69) is 32.7 Å². The van der Waals surface area contributed by atoms with Crippen LogP contribution >= 0.6 is 0 Å². The van der Waals surface area contributed by atoms with E-state index in [-0.39, 0.29) is 24.2 Å². The highest BCUT2D eigenvalue weighted by Gasteiger charge is 2.38. The smallest absolute Gasteiger partial charge is 0.227 e. The number of aromatic amines is 1. The molecule has 2 aromatic heterocycles. The van der Waals surface area contributed by atoms with Crippen molar-refractivity contribution in [1.29, 1.82) is 0 Å². The number of anilines is 1. The molecule has 2 atom stereocenters. The summed E-state index contributed by atoms with van der Waals surface area (Å²) >= 11 is 0. The summed E-state index contributed by atoms with van der Waals surface area (Å²) in [7, 11) is 0. The predicted molar refractivity (Wildman–Crippen MR) is 90.1 cm³/mol. The minimum Gasteiger partial charge on any atom is -0.355 e. The molecule has 2 amide bonds. The fourth-order valence-electron chi connectivity index (χ4n) is 2.63. The topological polar surface area (TPSA) is 99.8 Å². The Bertz CT molecular complexity index is 741. The van der Waals surface area contributed by atoms with Gasteiger partial charge in [0.1, 0.15) is 0 Å². The molecule has 0 unspecified atom stereocenters. The molecule has 0 aliphatic heterocycles. The highest BCUT2D eigenvalue weighted by atomic mass is 16.2. The molecule has 0 bridgehead atoms. The summed E-state index contributed by atoms with van der Waals surface area (Å²) in [6, 6.07) is 3.75. The van der Waals surface area contributed by atoms with Gasteiger partial charge in [-0.25, -0.2) is 0 Å². The third-order valence-electron chi connectivity index (χ3n) is 4.33. The van der Waals surface area contributed by atoms with Crippen molar-refractivity contribution < 1.29 is 9.59 Å². The molecule has 24 heavy (non-hydrogen) atoms. The third kappa shape index (κ3) is 3.61. The third-order valence-corrected chi connectivity index (χ3v) is 4.33. The van der Waals surface area contributed by atoms with Gasteiger partial charge >= 0.3 is 0 Å². The molecule has 2 heterocycles. The van der Waals surface area contributed by atoms with E-state index >= 15 is 0 Å². The fourth-order valence-corrected chi connectivity index (χ4v) is 2.63. The standard InChI is InChI=1S/C17H21N5O2/c1-10-9-13(10)17(24)19-8-5-14(23)20-16-11(2)15(21-22-16)12-3-6-18-7-4-12/h3-4,6-7,10,13H,5,8-9H2,1-2H3,(H,19,24)(H2,20,21,22,23)/t10-,13-/m0/s1. The minimum atomic E-state index is -0.171. The predicted octanol–water partition coefficient (Wildman–Crippen LogP) is 1.88. The van der Waals surface area contributed by atoms with E-state index < -0.39 is 0 Å². The van der Waals surface area contributed by atoms with Crippen molar-refractivity contribution in [3.63, 3.8) is 0 Å². The number of rotatable bonds is 6. The van der Waals surface area contributed by atoms with Crippen molar-refractivity contribution in [2.24, 2.45) is 11.8 Å². The summed E-state index contributed by atoms with van der Waals surface area (Å²) in [4.78, 5) is 27.7. The number of hydrogen-bond donors (Lipinski definition) is 3. The first kappa shape index (κ1) is 16.2. The largest absolute Gasteiger partial charge is 0.355 e. The lowest BCUT2D eigenvalue weighted by Gasteiger charge is -2.05. The molecule has 0 aromatic carbocycles. The molecule has 3 N–H and O–H groups in total. The Hall–Kier alpha value is -2.70. The average molecular weight is 327 g/mol. The molecule has 2 aromatic rings. The number of hydrogen-bond acceptors (Lipinski definition) is 4. The van der Waals surface area contributed by atoms with Crippen molar-refractivity contribution in [2.45, 2.75) is 26.7 Å². The molecule has 0 saturated heterocycles. The molecule has 1 saturated carbocycles. The molecule has 1 fully saturated rings. The van der Waals surface area contributed by atoms with Gasteiger partial charge in [0.25, 0.3) is 0 Å². The van der Waals surface area contributed by atoms with Gasteiger partial charge in [-0.15, -0.1) is 0 Å². The Labute approximate surface area is 140 Å². The zero-order valence-corrected chi connectivity index (χ0v) is 13.8. The number of nitrogens with zero attached hydrogens (tertiary/aromatic N) is 2. The van der Waals surface area contributed by atoms with Crippen molar-refractivity contribution in [3.05, 3.63) is 30.1 Å². The van der Waals surface area contributed by atoms with Gasteiger partial charge in [0.05, 0.1) is 5.69 Å². The summed E-state index contributed by atoms with van der Waals surface area (Å²) in [5.41, 5.74) is 2.68. The second-order valence-electron chi connectivity index (χ2n) is 6.22. The zero-order valence-electron chi connectivity index (χ0n) is 13.8. The quantitative estimate of drug-likeness (QED) is 0.754. The van der Waals surface area contributed by atoms with E-state index in [0.717, 1.165) is 23.2 Å². The van der Waals surface area contributed by atoms with Crippen LogP contribution in [0.2, 0.25) is 0 Å². The second kappa shape index (κ2) is 6.82. The maximum absolute atomic E-state index is 12.0. The molecule has 0 radical (unpaired) electrons. The van der Waals surface area contributed by atoms with E-state index in [1.54, 1.807) is 12.4 Å². The first-order valence-corrected chi connectivity index (χ1v) is 8.09. The van der Waals surface area contributed by atoms with Gasteiger partial charge in [-0.05, 0) is 31.4 Å². The van der Waals surface area contributed by atoms with Crippen LogP contribution in [-0.4, -0.2) is 33.5 Å². The molecular formula is C17H21N5O2. The number of nitrogens with one attached hydrogen (secondary N) is 3. The van der Waals surface area contributed by atoms with Gasteiger partial charge < -0.3 is 10.6 Å². The van der Waals surface area contributed by atoms with Gasteiger partial charge in [-0.1, -0.05) is 6.92 Å². The number of amides is 2. The molecule has 1 aliphatic rings. The van der Waals surface area contributed by atoms with E-state index in [9.17, 15) is 9.59 Å². The Balaban J connectivity index is 1.51. The van der Waals surface area contributed by atoms with Crippen molar-refractivity contribution in [1.82, 2.24) is 20.5 Å². The van der Waals surface area contributed by atoms with E-state index in [0.29, 0.717) is 18.3 Å². The van der Waals surface area contributed by atoms with Crippen LogP contribution in [0.25, 0.3) is 11.3 Å². The average Bonchev–Trinajstić information content (AvgIpc) is 3.21. The first-order valence-electron chi connectivity index (χ1n) is 8.09. The number of pyridine rings is 1. The Morgan fingerprint density at radius 3 is 2.71 bits per heavy atom. The fraction of sp³-hybridized carbons (Fsp3) is 0.412. The molecular weight excluding hydrogens is 306 g/mol. The van der Waals surface area contributed by atoms with Crippen molar-refractivity contribution in [3.8, 4) is 11.3 Å². The maximum Gasteiger partial charge on any atom is 0.227 e. The SMILES string of the molecule is Cc1c(NC(=O)CCNC(=O)[C@H]2C[C@@H]2C)n[nH]c1-c1ccncc1. The lowest BCUT2D eigenvalue weighted by atomic mass is 10.1. The van der Waals surface area contributed by atoms with Crippen LogP contribution in [-0.2, 0) is 9.59 Å². The molecule has 0 spiro atoms. The number of carbonyl (C=O) groups excluding carboxylic acids is 2. The van der Waals surface area contributed by atoms with Gasteiger partial charge in [0.15, 0.2) is 5.82 Å². The number of carbonyl (C=O) groups is 2. The Morgan fingerprint density at radius 2 is 2.04 bits per heavy atom. The van der Waals surface area contributed by atoms with Crippen LogP contribution in [0.5, 0.6) is 0 Å². The molecule has 3 rings (SSSR count). The second-order valence-corrected chi connectivity index (χ2v) is 6.22. The normalized spacial score (nSPS) is 18.9. The Kier molecular flexibility index (Phi) is 4.59. The van der Waals surface area contributed by atoms with E-state index in [1.165, 1.54) is 0 Å². The summed E-state index contributed by atoms with van der Waals surface area (Å²) in [5.74, 6) is 0.983. The van der Waals surface area contributed by atoms with Gasteiger partial charge in [0.2, 0.25) is 11.8 Å². The molecule has 7 nitrogen and oxygen atoms in total. The van der Waals surface area contributed by atoms with Gasteiger partial charge in [-0.3, -0.25) is 19.7 Å². The van der Waals surface area contributed by atoms with Crippen LogP contribution in [0.4, 0.5) is 5.82 Å². The van der Waals surface area contributed by atoms with Crippen LogP contribution < -0.4 is 10.6 Å². The molecule has 1 aliphatic carbocycles. The summed E-state index contributed by atoms with van der Waals surface area (Å²) in [6.45, 7) is 4.29. The molecule has 7 heteroatoms. The van der Waals surface area contributed by atoms with E-state index in [1.807, 2.05) is 19.1 Å².